The molecule has 1 aliphatic rings. The first-order chi connectivity index (χ1) is 7.97. The predicted octanol–water partition coefficient (Wildman–Crippen LogP) is 2.96. The summed E-state index contributed by atoms with van der Waals surface area (Å²) in [6, 6.07) is 5.24. The Labute approximate surface area is 97.8 Å². The molecular weight excluding hydrogens is 231 g/mol. The van der Waals surface area contributed by atoms with E-state index in [-0.39, 0.29) is 0 Å². The molecule has 1 aliphatic heterocycles. The molecule has 2 unspecified atom stereocenters. The summed E-state index contributed by atoms with van der Waals surface area (Å²) in [6.07, 6.45) is -4.74. The lowest BCUT2D eigenvalue weighted by molar-refractivity contribution is -0.137. The quantitative estimate of drug-likeness (QED) is 0.821. The zero-order chi connectivity index (χ0) is 12.5. The highest BCUT2D eigenvalue weighted by atomic mass is 19.4. The maximum atomic E-state index is 12.5. The van der Waals surface area contributed by atoms with Crippen LogP contribution in [-0.4, -0.2) is 13.2 Å². The van der Waals surface area contributed by atoms with Gasteiger partial charge < -0.3 is 4.74 Å². The van der Waals surface area contributed by atoms with Gasteiger partial charge in [-0.15, -0.1) is 0 Å². The lowest BCUT2D eigenvalue weighted by Gasteiger charge is -2.28. The minimum absolute atomic E-state index is 0.386. The van der Waals surface area contributed by atoms with Crippen molar-refractivity contribution in [2.45, 2.75) is 19.3 Å². The molecule has 94 valence electrons. The van der Waals surface area contributed by atoms with Gasteiger partial charge in [-0.3, -0.25) is 5.32 Å². The molecule has 1 aromatic carbocycles. The Morgan fingerprint density at radius 3 is 2.71 bits per heavy atom. The third-order valence-corrected chi connectivity index (χ3v) is 2.72. The Balaban J connectivity index is 2.16. The highest BCUT2D eigenvalue weighted by Crippen LogP contribution is 2.31. The summed E-state index contributed by atoms with van der Waals surface area (Å²) in [5.74, 6) is 0.386. The lowest BCUT2D eigenvalue weighted by Crippen LogP contribution is -2.36. The summed E-state index contributed by atoms with van der Waals surface area (Å²) >= 11 is 0. The Kier molecular flexibility index (Phi) is 3.40. The van der Waals surface area contributed by atoms with E-state index in [1.807, 2.05) is 6.92 Å². The molecule has 0 aromatic heterocycles. The number of hydrogen-bond acceptors (Lipinski definition) is 2. The van der Waals surface area contributed by atoms with Gasteiger partial charge >= 0.3 is 6.18 Å². The van der Waals surface area contributed by atoms with Crippen LogP contribution in [0.15, 0.2) is 24.3 Å². The molecule has 1 aromatic rings. The molecule has 1 fully saturated rings. The van der Waals surface area contributed by atoms with Gasteiger partial charge in [-0.2, -0.15) is 13.2 Å². The number of alkyl halides is 3. The van der Waals surface area contributed by atoms with Crippen molar-refractivity contribution < 1.29 is 17.9 Å². The summed E-state index contributed by atoms with van der Waals surface area (Å²) in [5.41, 5.74) is -0.120. The average molecular weight is 245 g/mol. The van der Waals surface area contributed by atoms with Crippen molar-refractivity contribution in [3.8, 4) is 0 Å². The van der Waals surface area contributed by atoms with E-state index in [9.17, 15) is 13.2 Å². The molecule has 0 saturated carbocycles. The van der Waals surface area contributed by atoms with Crippen molar-refractivity contribution >= 4 is 0 Å². The van der Waals surface area contributed by atoms with Gasteiger partial charge in [-0.05, 0) is 23.6 Å². The van der Waals surface area contributed by atoms with Gasteiger partial charge in [0.1, 0.15) is 6.23 Å². The van der Waals surface area contributed by atoms with Crippen molar-refractivity contribution in [1.82, 2.24) is 5.32 Å². The fourth-order valence-corrected chi connectivity index (χ4v) is 1.78. The van der Waals surface area contributed by atoms with E-state index in [4.69, 9.17) is 4.74 Å². The minimum atomic E-state index is -4.31. The Morgan fingerprint density at radius 2 is 2.12 bits per heavy atom. The SMILES string of the molecule is CC1CNC(c2cccc(C(F)(F)F)c2)OC1. The molecule has 1 heterocycles. The summed E-state index contributed by atoms with van der Waals surface area (Å²) in [6.45, 7) is 3.34. The fraction of sp³-hybridized carbons (Fsp3) is 0.500. The van der Waals surface area contributed by atoms with E-state index >= 15 is 0 Å². The molecule has 1 saturated heterocycles. The van der Waals surface area contributed by atoms with Crippen LogP contribution >= 0.6 is 0 Å². The van der Waals surface area contributed by atoms with E-state index in [1.165, 1.54) is 6.07 Å². The summed E-state index contributed by atoms with van der Waals surface area (Å²) < 4.78 is 43.1. The molecule has 0 amide bonds. The maximum absolute atomic E-state index is 12.5. The van der Waals surface area contributed by atoms with Crippen LogP contribution < -0.4 is 5.32 Å². The van der Waals surface area contributed by atoms with E-state index in [0.717, 1.165) is 18.7 Å². The van der Waals surface area contributed by atoms with Crippen LogP contribution in [0.3, 0.4) is 0 Å². The van der Waals surface area contributed by atoms with Crippen LogP contribution in [0.1, 0.15) is 24.3 Å². The van der Waals surface area contributed by atoms with Crippen LogP contribution in [0.5, 0.6) is 0 Å². The highest BCUT2D eigenvalue weighted by Gasteiger charge is 2.31. The summed E-state index contributed by atoms with van der Waals surface area (Å²) in [5, 5.41) is 3.07. The van der Waals surface area contributed by atoms with Crippen molar-refractivity contribution in [3.05, 3.63) is 35.4 Å². The number of nitrogens with one attached hydrogen (secondary N) is 1. The summed E-state index contributed by atoms with van der Waals surface area (Å²) in [7, 11) is 0. The molecule has 5 heteroatoms. The van der Waals surface area contributed by atoms with Gasteiger partial charge in [0, 0.05) is 6.54 Å². The molecule has 2 rings (SSSR count). The minimum Gasteiger partial charge on any atom is -0.359 e. The summed E-state index contributed by atoms with van der Waals surface area (Å²) in [4.78, 5) is 0. The van der Waals surface area contributed by atoms with Crippen LogP contribution in [0.25, 0.3) is 0 Å². The molecule has 1 N–H and O–H groups in total. The van der Waals surface area contributed by atoms with E-state index < -0.39 is 18.0 Å². The number of halogens is 3. The first kappa shape index (κ1) is 12.4. The second-order valence-corrected chi connectivity index (χ2v) is 4.35. The number of benzene rings is 1. The predicted molar refractivity (Wildman–Crippen MR) is 57.3 cm³/mol. The first-order valence-electron chi connectivity index (χ1n) is 5.49. The van der Waals surface area contributed by atoms with Crippen LogP contribution in [0.4, 0.5) is 13.2 Å². The van der Waals surface area contributed by atoms with E-state index in [1.54, 1.807) is 6.07 Å². The topological polar surface area (TPSA) is 21.3 Å². The first-order valence-corrected chi connectivity index (χ1v) is 5.49. The zero-order valence-electron chi connectivity index (χ0n) is 9.42. The van der Waals surface area contributed by atoms with Gasteiger partial charge in [0.2, 0.25) is 0 Å². The van der Waals surface area contributed by atoms with Gasteiger partial charge in [0.15, 0.2) is 0 Å². The normalized spacial score (nSPS) is 25.9. The molecule has 0 spiro atoms. The molecule has 2 nitrogen and oxygen atoms in total. The van der Waals surface area contributed by atoms with E-state index in [0.29, 0.717) is 18.1 Å². The van der Waals surface area contributed by atoms with Gasteiger partial charge in [0.05, 0.1) is 12.2 Å². The average Bonchev–Trinajstić information content (AvgIpc) is 2.29. The van der Waals surface area contributed by atoms with Gasteiger partial charge in [-0.25, -0.2) is 0 Å². The van der Waals surface area contributed by atoms with Gasteiger partial charge in [-0.1, -0.05) is 19.1 Å². The zero-order valence-corrected chi connectivity index (χ0v) is 9.42. The maximum Gasteiger partial charge on any atom is 0.416 e. The molecular formula is C12H14F3NO. The largest absolute Gasteiger partial charge is 0.416 e. The van der Waals surface area contributed by atoms with E-state index in [2.05, 4.69) is 5.32 Å². The van der Waals surface area contributed by atoms with Crippen molar-refractivity contribution in [3.63, 3.8) is 0 Å². The van der Waals surface area contributed by atoms with Gasteiger partial charge in [0.25, 0.3) is 0 Å². The molecule has 0 aliphatic carbocycles. The standard InChI is InChI=1S/C12H14F3NO/c1-8-6-16-11(17-7-8)9-3-2-4-10(5-9)12(13,14)15/h2-5,8,11,16H,6-7H2,1H3. The van der Waals surface area contributed by atoms with Crippen LogP contribution in [0, 0.1) is 5.92 Å². The van der Waals surface area contributed by atoms with Crippen LogP contribution in [0.2, 0.25) is 0 Å². The van der Waals surface area contributed by atoms with Crippen molar-refractivity contribution in [2.75, 3.05) is 13.2 Å². The highest BCUT2D eigenvalue weighted by molar-refractivity contribution is 5.27. The van der Waals surface area contributed by atoms with Crippen molar-refractivity contribution in [2.24, 2.45) is 5.92 Å². The molecule has 17 heavy (non-hydrogen) atoms. The third-order valence-electron chi connectivity index (χ3n) is 2.72. The second kappa shape index (κ2) is 4.66. The number of rotatable bonds is 1. The Hall–Kier alpha value is -1.07. The lowest BCUT2D eigenvalue weighted by atomic mass is 10.1. The number of ether oxygens (including phenoxy) is 1. The third kappa shape index (κ3) is 2.98. The Bertz CT molecular complexity index is 384. The molecule has 0 bridgehead atoms. The molecule has 2 atom stereocenters. The number of hydrogen-bond donors (Lipinski definition) is 1. The smallest absolute Gasteiger partial charge is 0.359 e. The second-order valence-electron chi connectivity index (χ2n) is 4.35. The van der Waals surface area contributed by atoms with Crippen LogP contribution in [-0.2, 0) is 10.9 Å². The molecule has 0 radical (unpaired) electrons. The van der Waals surface area contributed by atoms with Crippen molar-refractivity contribution in [1.29, 1.82) is 0 Å². The fourth-order valence-electron chi connectivity index (χ4n) is 1.78. The Morgan fingerprint density at radius 1 is 1.35 bits per heavy atom. The monoisotopic (exact) mass is 245 g/mol.